The highest BCUT2D eigenvalue weighted by Gasteiger charge is 2.43. The van der Waals surface area contributed by atoms with Gasteiger partial charge in [-0.2, -0.15) is 5.26 Å². The van der Waals surface area contributed by atoms with Crippen LogP contribution in [0.4, 0.5) is 0 Å². The van der Waals surface area contributed by atoms with Crippen molar-refractivity contribution in [1.82, 2.24) is 4.98 Å². The lowest BCUT2D eigenvalue weighted by atomic mass is 9.70. The van der Waals surface area contributed by atoms with Gasteiger partial charge in [-0.05, 0) is 36.6 Å². The Kier molecular flexibility index (Phi) is 4.95. The van der Waals surface area contributed by atoms with Crippen molar-refractivity contribution in [3.05, 3.63) is 57.8 Å². The molecule has 2 aliphatic rings. The Morgan fingerprint density at radius 2 is 2.13 bits per heavy atom. The number of ether oxygens (including phenoxy) is 2. The van der Waals surface area contributed by atoms with E-state index in [1.165, 1.54) is 0 Å². The predicted octanol–water partition coefficient (Wildman–Crippen LogP) is 4.74. The smallest absolute Gasteiger partial charge is 0.205 e. The SMILES string of the molecule is CCOc1ccc2nc(Cl)c(C3C(C#N)=C(N)OC4=C3C(=O)CC(C)(C)C4)cc2c1. The summed E-state index contributed by atoms with van der Waals surface area (Å²) in [7, 11) is 0. The molecule has 2 heterocycles. The molecular weight excluding hydrogens is 402 g/mol. The van der Waals surface area contributed by atoms with E-state index in [1.54, 1.807) is 0 Å². The van der Waals surface area contributed by atoms with Gasteiger partial charge in [0.1, 0.15) is 28.3 Å². The van der Waals surface area contributed by atoms with Crippen molar-refractivity contribution in [3.8, 4) is 11.8 Å². The molecule has 1 aromatic carbocycles. The molecule has 2 aromatic rings. The van der Waals surface area contributed by atoms with Crippen molar-refractivity contribution in [3.63, 3.8) is 0 Å². The van der Waals surface area contributed by atoms with Crippen LogP contribution in [0, 0.1) is 16.7 Å². The van der Waals surface area contributed by atoms with Gasteiger partial charge in [-0.25, -0.2) is 4.98 Å². The van der Waals surface area contributed by atoms with Crippen molar-refractivity contribution < 1.29 is 14.3 Å². The Morgan fingerprint density at radius 1 is 1.37 bits per heavy atom. The number of carbonyl (C=O) groups excluding carboxylic acids is 1. The van der Waals surface area contributed by atoms with E-state index in [9.17, 15) is 10.1 Å². The summed E-state index contributed by atoms with van der Waals surface area (Å²) >= 11 is 6.55. The highest BCUT2D eigenvalue weighted by molar-refractivity contribution is 6.31. The third-order valence-electron chi connectivity index (χ3n) is 5.46. The average molecular weight is 424 g/mol. The van der Waals surface area contributed by atoms with Gasteiger partial charge in [-0.1, -0.05) is 25.4 Å². The summed E-state index contributed by atoms with van der Waals surface area (Å²) in [6, 6.07) is 9.49. The molecule has 6 nitrogen and oxygen atoms in total. The number of halogens is 1. The topological polar surface area (TPSA) is 98.2 Å². The highest BCUT2D eigenvalue weighted by Crippen LogP contribution is 2.49. The Labute approximate surface area is 179 Å². The first-order chi connectivity index (χ1) is 14.2. The molecule has 0 bridgehead atoms. The average Bonchev–Trinajstić information content (AvgIpc) is 2.66. The molecule has 0 saturated heterocycles. The molecule has 1 aliphatic heterocycles. The maximum absolute atomic E-state index is 13.1. The van der Waals surface area contributed by atoms with E-state index in [0.717, 1.165) is 5.39 Å². The maximum atomic E-state index is 13.1. The predicted molar refractivity (Wildman–Crippen MR) is 114 cm³/mol. The van der Waals surface area contributed by atoms with Gasteiger partial charge in [0.2, 0.25) is 5.88 Å². The van der Waals surface area contributed by atoms with Crippen LogP contribution in [0.15, 0.2) is 47.1 Å². The van der Waals surface area contributed by atoms with Gasteiger partial charge in [0.05, 0.1) is 18.0 Å². The highest BCUT2D eigenvalue weighted by atomic mass is 35.5. The molecule has 0 radical (unpaired) electrons. The summed E-state index contributed by atoms with van der Waals surface area (Å²) in [5, 5.41) is 10.8. The molecule has 7 heteroatoms. The quantitative estimate of drug-likeness (QED) is 0.716. The summed E-state index contributed by atoms with van der Waals surface area (Å²) in [5.74, 6) is 0.453. The minimum absolute atomic E-state index is 0.00554. The number of hydrogen-bond donors (Lipinski definition) is 1. The molecule has 2 N–H and O–H groups in total. The summed E-state index contributed by atoms with van der Waals surface area (Å²) < 4.78 is 11.3. The molecule has 154 valence electrons. The van der Waals surface area contributed by atoms with Gasteiger partial charge in [0.15, 0.2) is 5.78 Å². The van der Waals surface area contributed by atoms with Gasteiger partial charge in [-0.15, -0.1) is 0 Å². The van der Waals surface area contributed by atoms with Gasteiger partial charge in [0.25, 0.3) is 0 Å². The second-order valence-corrected chi connectivity index (χ2v) is 8.72. The summed E-state index contributed by atoms with van der Waals surface area (Å²) in [4.78, 5) is 17.6. The van der Waals surface area contributed by atoms with Crippen LogP contribution in [0.2, 0.25) is 5.15 Å². The zero-order valence-corrected chi connectivity index (χ0v) is 17.8. The Hall–Kier alpha value is -3.04. The Morgan fingerprint density at radius 3 is 2.83 bits per heavy atom. The second-order valence-electron chi connectivity index (χ2n) is 8.36. The van der Waals surface area contributed by atoms with Crippen LogP contribution in [-0.2, 0) is 9.53 Å². The number of ketones is 1. The number of rotatable bonds is 3. The first-order valence-corrected chi connectivity index (χ1v) is 10.2. The monoisotopic (exact) mass is 423 g/mol. The first-order valence-electron chi connectivity index (χ1n) is 9.81. The summed E-state index contributed by atoms with van der Waals surface area (Å²) in [6.07, 6.45) is 0.911. The number of aromatic nitrogens is 1. The van der Waals surface area contributed by atoms with Gasteiger partial charge in [-0.3, -0.25) is 4.79 Å². The molecule has 1 aliphatic carbocycles. The van der Waals surface area contributed by atoms with Crippen LogP contribution < -0.4 is 10.5 Å². The van der Waals surface area contributed by atoms with Crippen LogP contribution in [0.1, 0.15) is 45.1 Å². The number of allylic oxidation sites excluding steroid dienone is 3. The fraction of sp³-hybridized carbons (Fsp3) is 0.348. The largest absolute Gasteiger partial charge is 0.494 e. The molecule has 0 amide bonds. The number of nitriles is 1. The minimum atomic E-state index is -0.706. The maximum Gasteiger partial charge on any atom is 0.205 e. The van der Waals surface area contributed by atoms with E-state index in [2.05, 4.69) is 11.1 Å². The van der Waals surface area contributed by atoms with Crippen LogP contribution in [0.3, 0.4) is 0 Å². The number of benzene rings is 1. The van der Waals surface area contributed by atoms with Gasteiger partial charge in [0, 0.05) is 29.4 Å². The molecule has 0 saturated carbocycles. The lowest BCUT2D eigenvalue weighted by Crippen LogP contribution is -2.33. The van der Waals surface area contributed by atoms with E-state index >= 15 is 0 Å². The van der Waals surface area contributed by atoms with Gasteiger partial charge >= 0.3 is 0 Å². The molecular formula is C23H22ClN3O3. The van der Waals surface area contributed by atoms with E-state index in [0.29, 0.717) is 47.6 Å². The Bertz CT molecular complexity index is 1170. The van der Waals surface area contributed by atoms with Crippen molar-refractivity contribution in [2.75, 3.05) is 6.61 Å². The number of pyridine rings is 1. The van der Waals surface area contributed by atoms with E-state index in [-0.39, 0.29) is 27.8 Å². The molecule has 30 heavy (non-hydrogen) atoms. The fourth-order valence-electron chi connectivity index (χ4n) is 4.20. The van der Waals surface area contributed by atoms with E-state index < -0.39 is 5.92 Å². The molecule has 0 spiro atoms. The lowest BCUT2D eigenvalue weighted by molar-refractivity contribution is -0.119. The number of carbonyl (C=O) groups is 1. The molecule has 1 unspecified atom stereocenters. The van der Waals surface area contributed by atoms with Crippen molar-refractivity contribution in [1.29, 1.82) is 5.26 Å². The van der Waals surface area contributed by atoms with Crippen LogP contribution in [0.25, 0.3) is 10.9 Å². The molecule has 4 rings (SSSR count). The molecule has 1 atom stereocenters. The summed E-state index contributed by atoms with van der Waals surface area (Å²) in [6.45, 7) is 6.46. The zero-order valence-electron chi connectivity index (χ0n) is 17.1. The lowest BCUT2D eigenvalue weighted by Gasteiger charge is -2.37. The number of hydrogen-bond acceptors (Lipinski definition) is 6. The molecule has 0 fully saturated rings. The van der Waals surface area contributed by atoms with Crippen LogP contribution in [0.5, 0.6) is 5.75 Å². The number of nitrogens with zero attached hydrogens (tertiary/aromatic N) is 2. The van der Waals surface area contributed by atoms with E-state index in [1.807, 2.05) is 45.0 Å². The third kappa shape index (κ3) is 3.40. The fourth-order valence-corrected chi connectivity index (χ4v) is 4.46. The number of fused-ring (bicyclic) bond motifs is 1. The number of nitrogens with two attached hydrogens (primary N) is 1. The third-order valence-corrected chi connectivity index (χ3v) is 5.77. The minimum Gasteiger partial charge on any atom is -0.494 e. The van der Waals surface area contributed by atoms with Crippen LogP contribution >= 0.6 is 11.6 Å². The Balaban J connectivity index is 1.93. The van der Waals surface area contributed by atoms with Crippen molar-refractivity contribution in [2.45, 2.75) is 39.5 Å². The summed E-state index contributed by atoms with van der Waals surface area (Å²) in [5.41, 5.74) is 7.71. The first kappa shape index (κ1) is 20.2. The van der Waals surface area contributed by atoms with Crippen molar-refractivity contribution >= 4 is 28.3 Å². The van der Waals surface area contributed by atoms with Crippen molar-refractivity contribution in [2.24, 2.45) is 11.1 Å². The van der Waals surface area contributed by atoms with Gasteiger partial charge < -0.3 is 15.2 Å². The standard InChI is InChI=1S/C23H22ClN3O3/c1-4-29-13-5-6-16-12(7-13)8-14(21(24)27-16)19-15(11-25)22(26)30-18-10-23(2,3)9-17(28)20(18)19/h5-8,19H,4,9-10,26H2,1-3H3. The second kappa shape index (κ2) is 7.33. The molecule has 1 aromatic heterocycles. The van der Waals surface area contributed by atoms with Crippen LogP contribution in [-0.4, -0.2) is 17.4 Å². The number of Topliss-reactive ketones (excluding diaryl/α,β-unsaturated/α-hetero) is 1. The van der Waals surface area contributed by atoms with E-state index in [4.69, 9.17) is 26.8 Å². The zero-order chi connectivity index (χ0) is 21.6. The normalized spacial score (nSPS) is 20.6.